The Morgan fingerprint density at radius 3 is 2.65 bits per heavy atom. The molecule has 2 aliphatic rings. The Hall–Kier alpha value is -1.55. The lowest BCUT2D eigenvalue weighted by molar-refractivity contribution is 0.0905. The number of carbonyl (C=O) groups is 1. The number of nitrogens with zero attached hydrogens (tertiary/aromatic N) is 1. The van der Waals surface area contributed by atoms with Crippen molar-refractivity contribution in [1.82, 2.24) is 10.2 Å². The normalized spacial score (nSPS) is 23.9. The van der Waals surface area contributed by atoms with Crippen molar-refractivity contribution in [3.63, 3.8) is 0 Å². The van der Waals surface area contributed by atoms with Crippen LogP contribution in [0.5, 0.6) is 0 Å². The number of ether oxygens (including phenoxy) is 1. The van der Waals surface area contributed by atoms with Crippen molar-refractivity contribution in [2.75, 3.05) is 19.6 Å². The van der Waals surface area contributed by atoms with Gasteiger partial charge in [-0.15, -0.1) is 0 Å². The fraction of sp³-hybridized carbons (Fsp3) is 0.562. The topological polar surface area (TPSA) is 41.6 Å². The van der Waals surface area contributed by atoms with Gasteiger partial charge >= 0.3 is 6.09 Å². The van der Waals surface area contributed by atoms with Gasteiger partial charge in [0.05, 0.1) is 6.54 Å². The van der Waals surface area contributed by atoms with Crippen LogP contribution in [0.1, 0.15) is 24.0 Å². The zero-order chi connectivity index (χ0) is 13.9. The Labute approximate surface area is 120 Å². The van der Waals surface area contributed by atoms with Crippen molar-refractivity contribution in [2.45, 2.75) is 32.4 Å². The van der Waals surface area contributed by atoms with Gasteiger partial charge < -0.3 is 15.0 Å². The molecule has 1 aromatic carbocycles. The number of benzene rings is 1. The maximum absolute atomic E-state index is 12.0. The van der Waals surface area contributed by atoms with Crippen LogP contribution in [-0.4, -0.2) is 36.7 Å². The number of aryl methyl sites for hydroxylation is 1. The van der Waals surface area contributed by atoms with Gasteiger partial charge in [0.2, 0.25) is 0 Å². The highest BCUT2D eigenvalue weighted by Crippen LogP contribution is 2.26. The van der Waals surface area contributed by atoms with Gasteiger partial charge in [-0.3, -0.25) is 0 Å². The summed E-state index contributed by atoms with van der Waals surface area (Å²) in [5, 5.41) is 3.35. The molecule has 2 fully saturated rings. The Morgan fingerprint density at radius 1 is 1.25 bits per heavy atom. The van der Waals surface area contributed by atoms with Gasteiger partial charge in [-0.1, -0.05) is 29.8 Å². The summed E-state index contributed by atoms with van der Waals surface area (Å²) in [6.45, 7) is 5.53. The number of amides is 1. The summed E-state index contributed by atoms with van der Waals surface area (Å²) < 4.78 is 5.57. The molecule has 4 heteroatoms. The molecule has 2 saturated heterocycles. The van der Waals surface area contributed by atoms with E-state index in [-0.39, 0.29) is 12.2 Å². The van der Waals surface area contributed by atoms with Crippen LogP contribution in [0.15, 0.2) is 24.3 Å². The lowest BCUT2D eigenvalue weighted by Gasteiger charge is -2.26. The summed E-state index contributed by atoms with van der Waals surface area (Å²) in [5.41, 5.74) is 2.41. The summed E-state index contributed by atoms with van der Waals surface area (Å²) in [5.74, 6) is 0.517. The number of hydrogen-bond acceptors (Lipinski definition) is 3. The average molecular weight is 274 g/mol. The lowest BCUT2D eigenvalue weighted by atomic mass is 9.92. The van der Waals surface area contributed by atoms with Crippen LogP contribution in [0.4, 0.5) is 4.79 Å². The van der Waals surface area contributed by atoms with Crippen LogP contribution in [-0.2, 0) is 11.3 Å². The van der Waals surface area contributed by atoms with Crippen molar-refractivity contribution >= 4 is 6.09 Å². The molecule has 3 rings (SSSR count). The maximum Gasteiger partial charge on any atom is 0.410 e. The Morgan fingerprint density at radius 2 is 1.95 bits per heavy atom. The second-order valence-electron chi connectivity index (χ2n) is 5.88. The molecule has 1 unspecified atom stereocenters. The van der Waals surface area contributed by atoms with E-state index < -0.39 is 0 Å². The first-order chi connectivity index (χ1) is 9.72. The SMILES string of the molecule is Cc1ccc(CN2CC(C3CCNCC3)OC2=O)cc1. The predicted molar refractivity (Wildman–Crippen MR) is 77.5 cm³/mol. The van der Waals surface area contributed by atoms with Gasteiger partial charge in [0.25, 0.3) is 0 Å². The van der Waals surface area contributed by atoms with Crippen LogP contribution in [0.3, 0.4) is 0 Å². The van der Waals surface area contributed by atoms with E-state index in [1.54, 1.807) is 0 Å². The van der Waals surface area contributed by atoms with Crippen LogP contribution in [0.2, 0.25) is 0 Å². The van der Waals surface area contributed by atoms with Gasteiger partial charge in [0.1, 0.15) is 6.10 Å². The third kappa shape index (κ3) is 2.96. The quantitative estimate of drug-likeness (QED) is 0.919. The first kappa shape index (κ1) is 13.4. The molecular formula is C16H22N2O2. The molecule has 0 radical (unpaired) electrons. The lowest BCUT2D eigenvalue weighted by Crippen LogP contribution is -2.36. The van der Waals surface area contributed by atoms with Crippen LogP contribution in [0.25, 0.3) is 0 Å². The standard InChI is InChI=1S/C16H22N2O2/c1-12-2-4-13(5-3-12)10-18-11-15(20-16(18)19)14-6-8-17-9-7-14/h2-5,14-15,17H,6-11H2,1H3. The highest BCUT2D eigenvalue weighted by atomic mass is 16.6. The average Bonchev–Trinajstić information content (AvgIpc) is 2.84. The van der Waals surface area contributed by atoms with Crippen molar-refractivity contribution in [3.8, 4) is 0 Å². The second-order valence-corrected chi connectivity index (χ2v) is 5.88. The molecule has 0 aliphatic carbocycles. The molecule has 1 N–H and O–H groups in total. The number of hydrogen-bond donors (Lipinski definition) is 1. The molecule has 0 spiro atoms. The van der Waals surface area contributed by atoms with Gasteiger partial charge in [-0.05, 0) is 38.4 Å². The van der Waals surface area contributed by atoms with Gasteiger partial charge in [0.15, 0.2) is 0 Å². The molecule has 108 valence electrons. The minimum absolute atomic E-state index is 0.0787. The van der Waals surface area contributed by atoms with Crippen molar-refractivity contribution in [2.24, 2.45) is 5.92 Å². The van der Waals surface area contributed by atoms with Crippen LogP contribution >= 0.6 is 0 Å². The molecule has 1 amide bonds. The number of piperidine rings is 1. The maximum atomic E-state index is 12.0. The fourth-order valence-electron chi connectivity index (χ4n) is 3.04. The minimum atomic E-state index is -0.158. The van der Waals surface area contributed by atoms with E-state index in [1.807, 2.05) is 4.90 Å². The largest absolute Gasteiger partial charge is 0.444 e. The molecule has 20 heavy (non-hydrogen) atoms. The number of cyclic esters (lactones) is 1. The fourth-order valence-corrected chi connectivity index (χ4v) is 3.04. The molecule has 0 bridgehead atoms. The van der Waals surface area contributed by atoms with E-state index in [9.17, 15) is 4.79 Å². The summed E-state index contributed by atoms with van der Waals surface area (Å²) in [7, 11) is 0. The molecule has 0 saturated carbocycles. The Bertz CT molecular complexity index is 466. The van der Waals surface area contributed by atoms with Crippen LogP contribution < -0.4 is 5.32 Å². The molecule has 1 atom stereocenters. The van der Waals surface area contributed by atoms with Gasteiger partial charge in [-0.25, -0.2) is 4.79 Å². The van der Waals surface area contributed by atoms with Crippen molar-refractivity contribution in [3.05, 3.63) is 35.4 Å². The van der Waals surface area contributed by atoms with Crippen LogP contribution in [0, 0.1) is 12.8 Å². The Kier molecular flexibility index (Phi) is 3.92. The van der Waals surface area contributed by atoms with E-state index in [2.05, 4.69) is 36.5 Å². The zero-order valence-electron chi connectivity index (χ0n) is 12.0. The van der Waals surface area contributed by atoms with E-state index in [4.69, 9.17) is 4.74 Å². The number of carbonyl (C=O) groups excluding carboxylic acids is 1. The van der Waals surface area contributed by atoms with E-state index >= 15 is 0 Å². The Balaban J connectivity index is 1.60. The van der Waals surface area contributed by atoms with Crippen molar-refractivity contribution < 1.29 is 9.53 Å². The summed E-state index contributed by atoms with van der Waals surface area (Å²) in [4.78, 5) is 13.8. The number of nitrogens with one attached hydrogen (secondary N) is 1. The third-order valence-corrected chi connectivity index (χ3v) is 4.31. The smallest absolute Gasteiger partial charge is 0.410 e. The molecule has 2 heterocycles. The summed E-state index contributed by atoms with van der Waals surface area (Å²) in [6, 6.07) is 8.34. The zero-order valence-corrected chi connectivity index (χ0v) is 12.0. The summed E-state index contributed by atoms with van der Waals surface area (Å²) in [6.07, 6.45) is 2.14. The molecular weight excluding hydrogens is 252 g/mol. The van der Waals surface area contributed by atoms with E-state index in [0.29, 0.717) is 12.5 Å². The van der Waals surface area contributed by atoms with E-state index in [1.165, 1.54) is 11.1 Å². The molecule has 1 aromatic rings. The highest BCUT2D eigenvalue weighted by Gasteiger charge is 2.36. The second kappa shape index (κ2) is 5.83. The van der Waals surface area contributed by atoms with Crippen molar-refractivity contribution in [1.29, 1.82) is 0 Å². The van der Waals surface area contributed by atoms with Gasteiger partial charge in [0, 0.05) is 12.5 Å². The molecule has 2 aliphatic heterocycles. The first-order valence-corrected chi connectivity index (χ1v) is 7.44. The predicted octanol–water partition coefficient (Wildman–Crippen LogP) is 2.32. The molecule has 4 nitrogen and oxygen atoms in total. The summed E-state index contributed by atoms with van der Waals surface area (Å²) >= 11 is 0. The minimum Gasteiger partial charge on any atom is -0.444 e. The van der Waals surface area contributed by atoms with E-state index in [0.717, 1.165) is 32.5 Å². The third-order valence-electron chi connectivity index (χ3n) is 4.31. The highest BCUT2D eigenvalue weighted by molar-refractivity contribution is 5.70. The first-order valence-electron chi connectivity index (χ1n) is 7.44. The monoisotopic (exact) mass is 274 g/mol. The number of rotatable bonds is 3. The van der Waals surface area contributed by atoms with Gasteiger partial charge in [-0.2, -0.15) is 0 Å². The molecule has 0 aromatic heterocycles.